The highest BCUT2D eigenvalue weighted by molar-refractivity contribution is 9.10. The molecule has 1 N–H and O–H groups in total. The summed E-state index contributed by atoms with van der Waals surface area (Å²) in [5.41, 5.74) is 0. The zero-order chi connectivity index (χ0) is 11.9. The molecule has 0 aliphatic rings. The highest BCUT2D eigenvalue weighted by Gasteiger charge is 2.16. The lowest BCUT2D eigenvalue weighted by Crippen LogP contribution is -2.04. The van der Waals surface area contributed by atoms with Crippen LogP contribution in [0.4, 0.5) is 0 Å². The van der Waals surface area contributed by atoms with Gasteiger partial charge in [0.25, 0.3) is 0 Å². The molecule has 0 radical (unpaired) electrons. The SMILES string of the molecule is CP(C)(=O)c1cccc2cc(O)cc(Br)c12. The third-order valence-electron chi connectivity index (χ3n) is 2.47. The van der Waals surface area contributed by atoms with Gasteiger partial charge in [-0.25, -0.2) is 0 Å². The largest absolute Gasteiger partial charge is 0.508 e. The predicted octanol–water partition coefficient (Wildman–Crippen LogP) is 3.56. The van der Waals surface area contributed by atoms with Crippen LogP contribution in [0.5, 0.6) is 5.75 Å². The molecule has 4 heteroatoms. The van der Waals surface area contributed by atoms with Crippen LogP contribution in [0.3, 0.4) is 0 Å². The first-order valence-corrected chi connectivity index (χ1v) is 8.26. The molecule has 0 aromatic heterocycles. The van der Waals surface area contributed by atoms with Gasteiger partial charge >= 0.3 is 0 Å². The van der Waals surface area contributed by atoms with Crippen LogP contribution in [0, 0.1) is 0 Å². The van der Waals surface area contributed by atoms with Crippen LogP contribution in [0.25, 0.3) is 10.8 Å². The Balaban J connectivity index is 2.93. The fraction of sp³-hybridized carbons (Fsp3) is 0.167. The highest BCUT2D eigenvalue weighted by Crippen LogP contribution is 2.40. The summed E-state index contributed by atoms with van der Waals surface area (Å²) in [7, 11) is -2.32. The van der Waals surface area contributed by atoms with E-state index in [0.29, 0.717) is 0 Å². The number of rotatable bonds is 1. The summed E-state index contributed by atoms with van der Waals surface area (Å²) in [5, 5.41) is 12.2. The van der Waals surface area contributed by atoms with Gasteiger partial charge in [0.15, 0.2) is 0 Å². The number of hydrogen-bond acceptors (Lipinski definition) is 2. The summed E-state index contributed by atoms with van der Waals surface area (Å²) in [4.78, 5) is 0. The van der Waals surface area contributed by atoms with Gasteiger partial charge in [0, 0.05) is 15.2 Å². The summed E-state index contributed by atoms with van der Waals surface area (Å²) in [6, 6.07) is 8.95. The zero-order valence-corrected chi connectivity index (χ0v) is 11.5. The van der Waals surface area contributed by atoms with Crippen molar-refractivity contribution in [3.63, 3.8) is 0 Å². The van der Waals surface area contributed by atoms with E-state index in [0.717, 1.165) is 20.5 Å². The molecular formula is C12H12BrO2P. The Morgan fingerprint density at radius 2 is 1.94 bits per heavy atom. The van der Waals surface area contributed by atoms with E-state index < -0.39 is 7.14 Å². The number of phenolic OH excluding ortho intramolecular Hbond substituents is 1. The Hall–Kier alpha value is -0.790. The van der Waals surface area contributed by atoms with Crippen LogP contribution in [0.2, 0.25) is 0 Å². The van der Waals surface area contributed by atoms with Gasteiger partial charge in [0.1, 0.15) is 12.9 Å². The standard InChI is InChI=1S/C12H12BrO2P/c1-16(2,15)11-5-3-4-8-6-9(14)7-10(13)12(8)11/h3-7,14H,1-2H3. The number of halogens is 1. The van der Waals surface area contributed by atoms with Crippen molar-refractivity contribution >= 4 is 39.1 Å². The minimum absolute atomic E-state index is 0.207. The number of benzene rings is 2. The van der Waals surface area contributed by atoms with Crippen LogP contribution in [-0.2, 0) is 4.57 Å². The van der Waals surface area contributed by atoms with Crippen molar-refractivity contribution in [1.29, 1.82) is 0 Å². The molecule has 0 fully saturated rings. The molecule has 2 aromatic carbocycles. The molecule has 2 nitrogen and oxygen atoms in total. The number of hydrogen-bond donors (Lipinski definition) is 1. The van der Waals surface area contributed by atoms with Gasteiger partial charge in [-0.3, -0.25) is 0 Å². The first-order chi connectivity index (χ1) is 7.39. The quantitative estimate of drug-likeness (QED) is 0.818. The Labute approximate surface area is 103 Å². The molecular weight excluding hydrogens is 287 g/mol. The van der Waals surface area contributed by atoms with Gasteiger partial charge < -0.3 is 9.67 Å². The summed E-state index contributed by atoms with van der Waals surface area (Å²) in [6.07, 6.45) is 0. The van der Waals surface area contributed by atoms with E-state index in [1.807, 2.05) is 18.2 Å². The van der Waals surface area contributed by atoms with Crippen LogP contribution in [-0.4, -0.2) is 18.4 Å². The fourth-order valence-electron chi connectivity index (χ4n) is 1.79. The summed E-state index contributed by atoms with van der Waals surface area (Å²) in [5.74, 6) is 0.207. The summed E-state index contributed by atoms with van der Waals surface area (Å²) in [6.45, 7) is 3.50. The van der Waals surface area contributed by atoms with Crippen LogP contribution in [0.15, 0.2) is 34.8 Å². The first kappa shape index (κ1) is 11.7. The van der Waals surface area contributed by atoms with Crippen LogP contribution in [0.1, 0.15) is 0 Å². The minimum Gasteiger partial charge on any atom is -0.508 e. The van der Waals surface area contributed by atoms with Gasteiger partial charge in [0.2, 0.25) is 0 Å². The lowest BCUT2D eigenvalue weighted by molar-refractivity contribution is 0.476. The highest BCUT2D eigenvalue weighted by atomic mass is 79.9. The van der Waals surface area contributed by atoms with Crippen LogP contribution >= 0.6 is 23.1 Å². The van der Waals surface area contributed by atoms with E-state index in [1.165, 1.54) is 0 Å². The fourth-order valence-corrected chi connectivity index (χ4v) is 3.85. The average Bonchev–Trinajstić information content (AvgIpc) is 2.14. The van der Waals surface area contributed by atoms with Crippen molar-refractivity contribution in [3.8, 4) is 5.75 Å². The molecule has 0 atom stereocenters. The van der Waals surface area contributed by atoms with E-state index >= 15 is 0 Å². The minimum atomic E-state index is -2.32. The molecule has 2 aromatic rings. The third kappa shape index (κ3) is 2.02. The van der Waals surface area contributed by atoms with Crippen molar-refractivity contribution < 1.29 is 9.67 Å². The maximum Gasteiger partial charge on any atom is 0.117 e. The Morgan fingerprint density at radius 3 is 2.56 bits per heavy atom. The Bertz CT molecular complexity index is 601. The summed E-state index contributed by atoms with van der Waals surface area (Å²) >= 11 is 3.41. The Morgan fingerprint density at radius 1 is 1.25 bits per heavy atom. The molecule has 2 rings (SSSR count). The molecule has 0 amide bonds. The van der Waals surface area contributed by atoms with Crippen LogP contribution < -0.4 is 5.30 Å². The number of phenols is 1. The molecule has 16 heavy (non-hydrogen) atoms. The smallest absolute Gasteiger partial charge is 0.117 e. The van der Waals surface area contributed by atoms with Gasteiger partial charge in [-0.1, -0.05) is 18.2 Å². The second kappa shape index (κ2) is 3.90. The second-order valence-corrected chi connectivity index (χ2v) is 8.19. The number of aromatic hydroxyl groups is 1. The molecule has 0 saturated carbocycles. The molecule has 0 spiro atoms. The van der Waals surface area contributed by atoms with Crippen molar-refractivity contribution in [3.05, 3.63) is 34.8 Å². The molecule has 0 aliphatic carbocycles. The monoisotopic (exact) mass is 298 g/mol. The molecule has 0 aliphatic heterocycles. The van der Waals surface area contributed by atoms with Gasteiger partial charge in [-0.15, -0.1) is 0 Å². The molecule has 0 bridgehead atoms. The predicted molar refractivity (Wildman–Crippen MR) is 72.4 cm³/mol. The van der Waals surface area contributed by atoms with Gasteiger partial charge in [-0.05, 0) is 46.8 Å². The second-order valence-electron chi connectivity index (χ2n) is 4.15. The molecule has 0 heterocycles. The van der Waals surface area contributed by atoms with Gasteiger partial charge in [-0.2, -0.15) is 0 Å². The van der Waals surface area contributed by atoms with Crippen molar-refractivity contribution in [2.45, 2.75) is 0 Å². The number of fused-ring (bicyclic) bond motifs is 1. The van der Waals surface area contributed by atoms with E-state index in [9.17, 15) is 9.67 Å². The molecule has 0 saturated heterocycles. The van der Waals surface area contributed by atoms with E-state index in [2.05, 4.69) is 15.9 Å². The van der Waals surface area contributed by atoms with E-state index in [-0.39, 0.29) is 5.75 Å². The zero-order valence-electron chi connectivity index (χ0n) is 9.07. The van der Waals surface area contributed by atoms with Crippen molar-refractivity contribution in [2.24, 2.45) is 0 Å². The molecule has 0 unspecified atom stereocenters. The van der Waals surface area contributed by atoms with E-state index in [4.69, 9.17) is 0 Å². The lowest BCUT2D eigenvalue weighted by atomic mass is 10.1. The first-order valence-electron chi connectivity index (χ1n) is 4.86. The normalized spacial score (nSPS) is 11.9. The maximum absolute atomic E-state index is 12.2. The molecule has 84 valence electrons. The Kier molecular flexibility index (Phi) is 2.85. The topological polar surface area (TPSA) is 37.3 Å². The van der Waals surface area contributed by atoms with Crippen molar-refractivity contribution in [2.75, 3.05) is 13.3 Å². The lowest BCUT2D eigenvalue weighted by Gasteiger charge is -2.12. The van der Waals surface area contributed by atoms with Gasteiger partial charge in [0.05, 0.1) is 0 Å². The third-order valence-corrected chi connectivity index (χ3v) is 4.63. The van der Waals surface area contributed by atoms with E-state index in [1.54, 1.807) is 25.5 Å². The van der Waals surface area contributed by atoms with Crippen molar-refractivity contribution in [1.82, 2.24) is 0 Å². The average molecular weight is 299 g/mol. The maximum atomic E-state index is 12.2. The summed E-state index contributed by atoms with van der Waals surface area (Å²) < 4.78 is 13.0.